The molecule has 0 radical (unpaired) electrons. The van der Waals surface area contributed by atoms with Gasteiger partial charge >= 0.3 is 0 Å². The molecule has 23 heavy (non-hydrogen) atoms. The maximum absolute atomic E-state index is 5.82. The van der Waals surface area contributed by atoms with Crippen molar-refractivity contribution in [3.63, 3.8) is 0 Å². The first-order valence-electron chi connectivity index (χ1n) is 8.50. The van der Waals surface area contributed by atoms with Crippen molar-refractivity contribution in [1.29, 1.82) is 0 Å². The Morgan fingerprint density at radius 3 is 2.22 bits per heavy atom. The topological polar surface area (TPSA) is 53.6 Å². The van der Waals surface area contributed by atoms with Crippen LogP contribution in [0, 0.1) is 0 Å². The Hall–Kier alpha value is -0.820. The van der Waals surface area contributed by atoms with E-state index >= 15 is 0 Å². The Morgan fingerprint density at radius 1 is 1.09 bits per heavy atom. The lowest BCUT2D eigenvalue weighted by Crippen LogP contribution is -2.36. The normalized spacial score (nSPS) is 16.7. The number of halogens is 1. The lowest BCUT2D eigenvalue weighted by atomic mass is 10.1. The first kappa shape index (κ1) is 20.2. The number of nitrogens with two attached hydrogens (primary N) is 1. The number of benzene rings is 1. The van der Waals surface area contributed by atoms with Gasteiger partial charge in [0, 0.05) is 12.6 Å². The molecule has 0 atom stereocenters. The summed E-state index contributed by atoms with van der Waals surface area (Å²) < 4.78 is 0. The van der Waals surface area contributed by atoms with Gasteiger partial charge in [0.15, 0.2) is 5.96 Å². The number of hydrogen-bond acceptors (Lipinski definition) is 2. The summed E-state index contributed by atoms with van der Waals surface area (Å²) in [5, 5.41) is 3.11. The minimum atomic E-state index is 0. The average Bonchev–Trinajstić information content (AvgIpc) is 2.74. The minimum absolute atomic E-state index is 0. The van der Waals surface area contributed by atoms with Crippen LogP contribution in [-0.2, 0) is 13.1 Å². The second kappa shape index (κ2) is 10.9. The lowest BCUT2D eigenvalue weighted by molar-refractivity contribution is 0.277. The highest BCUT2D eigenvalue weighted by Crippen LogP contribution is 2.14. The molecule has 1 heterocycles. The van der Waals surface area contributed by atoms with Crippen molar-refractivity contribution in [3.05, 3.63) is 35.4 Å². The molecule has 1 saturated heterocycles. The zero-order valence-electron chi connectivity index (χ0n) is 14.4. The number of likely N-dealkylation sites (tertiary alicyclic amines) is 1. The third kappa shape index (κ3) is 8.01. The van der Waals surface area contributed by atoms with Gasteiger partial charge in [-0.15, -0.1) is 24.0 Å². The Morgan fingerprint density at radius 2 is 1.65 bits per heavy atom. The molecular weight excluding hydrogens is 399 g/mol. The predicted octanol–water partition coefficient (Wildman–Crippen LogP) is 3.49. The zero-order valence-corrected chi connectivity index (χ0v) is 16.8. The van der Waals surface area contributed by atoms with Gasteiger partial charge in [-0.2, -0.15) is 0 Å². The molecule has 1 aliphatic heterocycles. The number of hydrogen-bond donors (Lipinski definition) is 2. The van der Waals surface area contributed by atoms with E-state index in [4.69, 9.17) is 5.73 Å². The minimum Gasteiger partial charge on any atom is -0.370 e. The van der Waals surface area contributed by atoms with Gasteiger partial charge < -0.3 is 11.1 Å². The molecule has 1 fully saturated rings. The van der Waals surface area contributed by atoms with Gasteiger partial charge in [-0.05, 0) is 50.9 Å². The fourth-order valence-electron chi connectivity index (χ4n) is 2.82. The largest absolute Gasteiger partial charge is 0.370 e. The number of aliphatic imine (C=N–C) groups is 1. The molecule has 5 heteroatoms. The SMILES string of the molecule is CC(C)NC(N)=NCc1ccc(CN2CCCCCC2)cc1.I. The van der Waals surface area contributed by atoms with Crippen LogP contribution in [0.25, 0.3) is 0 Å². The molecule has 0 aromatic heterocycles. The van der Waals surface area contributed by atoms with Crippen LogP contribution in [0.1, 0.15) is 50.7 Å². The summed E-state index contributed by atoms with van der Waals surface area (Å²) in [4.78, 5) is 6.94. The quantitative estimate of drug-likeness (QED) is 0.427. The van der Waals surface area contributed by atoms with Crippen molar-refractivity contribution in [3.8, 4) is 0 Å². The van der Waals surface area contributed by atoms with Crippen molar-refractivity contribution in [2.45, 2.75) is 58.7 Å². The van der Waals surface area contributed by atoms with Gasteiger partial charge in [-0.1, -0.05) is 37.1 Å². The van der Waals surface area contributed by atoms with Gasteiger partial charge in [0.2, 0.25) is 0 Å². The molecule has 4 nitrogen and oxygen atoms in total. The van der Waals surface area contributed by atoms with Crippen LogP contribution in [0.2, 0.25) is 0 Å². The predicted molar refractivity (Wildman–Crippen MR) is 109 cm³/mol. The second-order valence-electron chi connectivity index (χ2n) is 6.51. The highest BCUT2D eigenvalue weighted by atomic mass is 127. The fraction of sp³-hybridized carbons (Fsp3) is 0.611. The molecule has 2 rings (SSSR count). The van der Waals surface area contributed by atoms with Gasteiger partial charge in [0.25, 0.3) is 0 Å². The molecule has 1 aliphatic rings. The smallest absolute Gasteiger partial charge is 0.189 e. The molecule has 3 N–H and O–H groups in total. The second-order valence-corrected chi connectivity index (χ2v) is 6.51. The molecule has 0 aliphatic carbocycles. The van der Waals surface area contributed by atoms with Crippen LogP contribution < -0.4 is 11.1 Å². The summed E-state index contributed by atoms with van der Waals surface area (Å²) >= 11 is 0. The van der Waals surface area contributed by atoms with E-state index in [0.717, 1.165) is 6.54 Å². The molecule has 0 unspecified atom stereocenters. The maximum Gasteiger partial charge on any atom is 0.189 e. The van der Waals surface area contributed by atoms with Crippen molar-refractivity contribution in [2.24, 2.45) is 10.7 Å². The first-order chi connectivity index (χ1) is 10.6. The molecule has 0 amide bonds. The van der Waals surface area contributed by atoms with Crippen LogP contribution in [0.5, 0.6) is 0 Å². The summed E-state index contributed by atoms with van der Waals surface area (Å²) in [6, 6.07) is 9.10. The van der Waals surface area contributed by atoms with Crippen LogP contribution in [-0.4, -0.2) is 30.0 Å². The highest BCUT2D eigenvalue weighted by Gasteiger charge is 2.09. The molecule has 0 spiro atoms. The van der Waals surface area contributed by atoms with Crippen LogP contribution in [0.15, 0.2) is 29.3 Å². The Bertz CT molecular complexity index is 462. The first-order valence-corrected chi connectivity index (χ1v) is 8.50. The van der Waals surface area contributed by atoms with Gasteiger partial charge in [0.05, 0.1) is 6.54 Å². The van der Waals surface area contributed by atoms with Gasteiger partial charge in [-0.3, -0.25) is 4.90 Å². The third-order valence-corrected chi connectivity index (χ3v) is 4.00. The van der Waals surface area contributed by atoms with Crippen LogP contribution >= 0.6 is 24.0 Å². The number of rotatable bonds is 5. The third-order valence-electron chi connectivity index (χ3n) is 4.00. The zero-order chi connectivity index (χ0) is 15.8. The summed E-state index contributed by atoms with van der Waals surface area (Å²) in [6.45, 7) is 8.29. The van der Waals surface area contributed by atoms with E-state index in [1.165, 1.54) is 49.9 Å². The number of nitrogens with one attached hydrogen (secondary N) is 1. The Labute approximate surface area is 157 Å². The monoisotopic (exact) mass is 430 g/mol. The fourth-order valence-corrected chi connectivity index (χ4v) is 2.82. The van der Waals surface area contributed by atoms with E-state index in [9.17, 15) is 0 Å². The van der Waals surface area contributed by atoms with E-state index in [0.29, 0.717) is 18.5 Å². The molecule has 0 saturated carbocycles. The van der Waals surface area contributed by atoms with E-state index in [-0.39, 0.29) is 24.0 Å². The van der Waals surface area contributed by atoms with E-state index < -0.39 is 0 Å². The van der Waals surface area contributed by atoms with Crippen molar-refractivity contribution in [1.82, 2.24) is 10.2 Å². The van der Waals surface area contributed by atoms with E-state index in [2.05, 4.69) is 53.3 Å². The molecule has 1 aromatic rings. The average molecular weight is 430 g/mol. The Balaban J connectivity index is 0.00000264. The summed E-state index contributed by atoms with van der Waals surface area (Å²) in [7, 11) is 0. The van der Waals surface area contributed by atoms with Crippen molar-refractivity contribution < 1.29 is 0 Å². The van der Waals surface area contributed by atoms with Crippen molar-refractivity contribution >= 4 is 29.9 Å². The van der Waals surface area contributed by atoms with E-state index in [1.807, 2.05) is 0 Å². The number of nitrogens with zero attached hydrogens (tertiary/aromatic N) is 2. The van der Waals surface area contributed by atoms with Crippen molar-refractivity contribution in [2.75, 3.05) is 13.1 Å². The summed E-state index contributed by atoms with van der Waals surface area (Å²) in [6.07, 6.45) is 5.46. The van der Waals surface area contributed by atoms with Gasteiger partial charge in [-0.25, -0.2) is 4.99 Å². The lowest BCUT2D eigenvalue weighted by Gasteiger charge is -2.19. The molecule has 130 valence electrons. The maximum atomic E-state index is 5.82. The standard InChI is InChI=1S/C18H30N4.HI/c1-15(2)21-18(19)20-13-16-7-9-17(10-8-16)14-22-11-5-3-4-6-12-22;/h7-10,15H,3-6,11-14H2,1-2H3,(H3,19,20,21);1H. The van der Waals surface area contributed by atoms with Gasteiger partial charge in [0.1, 0.15) is 0 Å². The summed E-state index contributed by atoms with van der Waals surface area (Å²) in [5.41, 5.74) is 8.42. The molecule has 1 aromatic carbocycles. The van der Waals surface area contributed by atoms with Crippen LogP contribution in [0.3, 0.4) is 0 Å². The summed E-state index contributed by atoms with van der Waals surface area (Å²) in [5.74, 6) is 0.517. The molecular formula is C18H31IN4. The number of guanidine groups is 1. The Kier molecular flexibility index (Phi) is 9.55. The van der Waals surface area contributed by atoms with Crippen LogP contribution in [0.4, 0.5) is 0 Å². The highest BCUT2D eigenvalue weighted by molar-refractivity contribution is 14.0. The molecule has 0 bridgehead atoms. The van der Waals surface area contributed by atoms with E-state index in [1.54, 1.807) is 0 Å².